The average molecular weight is 299 g/mol. The monoisotopic (exact) mass is 299 g/mol. The summed E-state index contributed by atoms with van der Waals surface area (Å²) < 4.78 is 26.3. The van der Waals surface area contributed by atoms with Gasteiger partial charge < -0.3 is 10.2 Å². The molecule has 0 aromatic heterocycles. The second kappa shape index (κ2) is 5.06. The van der Waals surface area contributed by atoms with Crippen LogP contribution in [0.15, 0.2) is 23.1 Å². The number of benzene rings is 1. The van der Waals surface area contributed by atoms with Crippen LogP contribution in [0.25, 0.3) is 0 Å². The van der Waals surface area contributed by atoms with Gasteiger partial charge in [-0.05, 0) is 30.0 Å². The van der Waals surface area contributed by atoms with Gasteiger partial charge in [-0.1, -0.05) is 13.8 Å². The van der Waals surface area contributed by atoms with Gasteiger partial charge in [0, 0.05) is 13.1 Å². The zero-order chi connectivity index (χ0) is 15.1. The first kappa shape index (κ1) is 14.8. The van der Waals surface area contributed by atoms with Crippen LogP contribution in [-0.4, -0.2) is 42.0 Å². The second-order valence-corrected chi connectivity index (χ2v) is 7.20. The van der Waals surface area contributed by atoms with Crippen molar-refractivity contribution in [2.45, 2.75) is 18.7 Å². The number of aromatic hydroxyl groups is 1. The Morgan fingerprint density at radius 1 is 1.25 bits per heavy atom. The molecule has 0 amide bonds. The number of sulfonamides is 1. The minimum Gasteiger partial charge on any atom is -0.507 e. The molecular weight excluding hydrogens is 282 g/mol. The van der Waals surface area contributed by atoms with Crippen LogP contribution in [0.3, 0.4) is 0 Å². The Bertz CT molecular complexity index is 630. The first-order chi connectivity index (χ1) is 9.23. The highest BCUT2D eigenvalue weighted by atomic mass is 32.2. The Morgan fingerprint density at radius 3 is 2.30 bits per heavy atom. The third kappa shape index (κ3) is 2.51. The van der Waals surface area contributed by atoms with E-state index >= 15 is 0 Å². The summed E-state index contributed by atoms with van der Waals surface area (Å²) in [5.41, 5.74) is -0.411. The van der Waals surface area contributed by atoms with Crippen molar-refractivity contribution < 1.29 is 23.4 Å². The maximum atomic E-state index is 12.5. The van der Waals surface area contributed by atoms with Gasteiger partial charge in [0.25, 0.3) is 0 Å². The fourth-order valence-corrected chi connectivity index (χ4v) is 3.94. The van der Waals surface area contributed by atoms with Gasteiger partial charge in [-0.2, -0.15) is 4.31 Å². The number of carboxylic acids is 1. The van der Waals surface area contributed by atoms with E-state index < -0.39 is 27.3 Å². The van der Waals surface area contributed by atoms with Crippen molar-refractivity contribution >= 4 is 16.0 Å². The summed E-state index contributed by atoms with van der Waals surface area (Å²) in [7, 11) is -3.72. The Kier molecular flexibility index (Phi) is 3.75. The van der Waals surface area contributed by atoms with E-state index in [1.54, 1.807) is 0 Å². The van der Waals surface area contributed by atoms with Crippen molar-refractivity contribution in [3.63, 3.8) is 0 Å². The molecule has 1 aromatic rings. The van der Waals surface area contributed by atoms with Crippen LogP contribution in [0, 0.1) is 11.8 Å². The summed E-state index contributed by atoms with van der Waals surface area (Å²) in [5, 5.41) is 18.4. The summed E-state index contributed by atoms with van der Waals surface area (Å²) in [6, 6.07) is 3.32. The summed E-state index contributed by atoms with van der Waals surface area (Å²) in [6.07, 6.45) is 0. The Morgan fingerprint density at radius 2 is 1.80 bits per heavy atom. The van der Waals surface area contributed by atoms with Crippen molar-refractivity contribution in [3.8, 4) is 5.75 Å². The lowest BCUT2D eigenvalue weighted by atomic mass is 10.0. The third-order valence-electron chi connectivity index (χ3n) is 3.79. The van der Waals surface area contributed by atoms with E-state index in [0.717, 1.165) is 12.1 Å². The highest BCUT2D eigenvalue weighted by Crippen LogP contribution is 2.29. The second-order valence-electron chi connectivity index (χ2n) is 5.26. The third-order valence-corrected chi connectivity index (χ3v) is 5.62. The van der Waals surface area contributed by atoms with Gasteiger partial charge in [-0.3, -0.25) is 0 Å². The molecule has 0 aliphatic carbocycles. The van der Waals surface area contributed by atoms with Gasteiger partial charge in [0.05, 0.1) is 4.90 Å². The van der Waals surface area contributed by atoms with Crippen LogP contribution in [0.5, 0.6) is 5.75 Å². The van der Waals surface area contributed by atoms with Crippen LogP contribution in [0.2, 0.25) is 0 Å². The number of carboxylic acid groups (broad SMARTS) is 1. The highest BCUT2D eigenvalue weighted by Gasteiger charge is 2.35. The summed E-state index contributed by atoms with van der Waals surface area (Å²) >= 11 is 0. The number of carbonyl (C=O) groups is 1. The molecule has 2 atom stereocenters. The lowest BCUT2D eigenvalue weighted by molar-refractivity contribution is 0.0693. The molecule has 0 spiro atoms. The lowest BCUT2D eigenvalue weighted by Gasteiger charge is -2.16. The molecular formula is C13H17NO5S. The Labute approximate surface area is 117 Å². The first-order valence-corrected chi connectivity index (χ1v) is 7.74. The minimum atomic E-state index is -3.72. The van der Waals surface area contributed by atoms with Crippen molar-refractivity contribution in [2.75, 3.05) is 13.1 Å². The van der Waals surface area contributed by atoms with Gasteiger partial charge >= 0.3 is 5.97 Å². The van der Waals surface area contributed by atoms with Gasteiger partial charge in [0.15, 0.2) is 0 Å². The first-order valence-electron chi connectivity index (χ1n) is 6.30. The van der Waals surface area contributed by atoms with Crippen LogP contribution in [-0.2, 0) is 10.0 Å². The van der Waals surface area contributed by atoms with Gasteiger partial charge in [-0.15, -0.1) is 0 Å². The van der Waals surface area contributed by atoms with Crippen molar-refractivity contribution in [2.24, 2.45) is 11.8 Å². The van der Waals surface area contributed by atoms with Crippen LogP contribution in [0.1, 0.15) is 24.2 Å². The van der Waals surface area contributed by atoms with Gasteiger partial charge in [0.2, 0.25) is 10.0 Å². The number of rotatable bonds is 3. The smallest absolute Gasteiger partial charge is 0.339 e. The molecule has 1 aromatic carbocycles. The number of phenols is 1. The molecule has 1 aliphatic rings. The number of hydrogen-bond acceptors (Lipinski definition) is 4. The molecule has 6 nitrogen and oxygen atoms in total. The summed E-state index contributed by atoms with van der Waals surface area (Å²) in [4.78, 5) is 10.9. The molecule has 1 aliphatic heterocycles. The predicted molar refractivity (Wildman–Crippen MR) is 72.2 cm³/mol. The zero-order valence-electron chi connectivity index (χ0n) is 11.3. The molecule has 0 bridgehead atoms. The largest absolute Gasteiger partial charge is 0.507 e. The summed E-state index contributed by atoms with van der Waals surface area (Å²) in [5.74, 6) is -1.27. The molecule has 1 fully saturated rings. The molecule has 7 heteroatoms. The molecule has 110 valence electrons. The van der Waals surface area contributed by atoms with E-state index in [2.05, 4.69) is 0 Å². The van der Waals surface area contributed by atoms with Gasteiger partial charge in [0.1, 0.15) is 11.3 Å². The number of nitrogens with zero attached hydrogens (tertiary/aromatic N) is 1. The fourth-order valence-electron chi connectivity index (χ4n) is 2.27. The highest BCUT2D eigenvalue weighted by molar-refractivity contribution is 7.89. The molecule has 2 rings (SSSR count). The predicted octanol–water partition coefficient (Wildman–Crippen LogP) is 1.37. The number of aromatic carboxylic acids is 1. The fraction of sp³-hybridized carbons (Fsp3) is 0.462. The molecule has 2 N–H and O–H groups in total. The zero-order valence-corrected chi connectivity index (χ0v) is 12.1. The van der Waals surface area contributed by atoms with E-state index in [0.29, 0.717) is 13.1 Å². The van der Waals surface area contributed by atoms with E-state index in [4.69, 9.17) is 5.11 Å². The van der Waals surface area contributed by atoms with Crippen molar-refractivity contribution in [3.05, 3.63) is 23.8 Å². The number of hydrogen-bond donors (Lipinski definition) is 2. The van der Waals surface area contributed by atoms with Gasteiger partial charge in [-0.25, -0.2) is 13.2 Å². The topological polar surface area (TPSA) is 94.9 Å². The molecule has 1 saturated heterocycles. The quantitative estimate of drug-likeness (QED) is 0.879. The van der Waals surface area contributed by atoms with Crippen LogP contribution >= 0.6 is 0 Å². The standard InChI is InChI=1S/C13H17NO5S/c1-8-6-14(7-9(8)2)20(18,19)10-3-4-12(15)11(5-10)13(16)17/h3-5,8-9,15H,6-7H2,1-2H3,(H,16,17). The van der Waals surface area contributed by atoms with Crippen molar-refractivity contribution in [1.82, 2.24) is 4.31 Å². The minimum absolute atomic E-state index is 0.103. The van der Waals surface area contributed by atoms with E-state index in [1.165, 1.54) is 10.4 Å². The molecule has 0 radical (unpaired) electrons. The average Bonchev–Trinajstić information content (AvgIpc) is 2.70. The molecule has 1 heterocycles. The summed E-state index contributed by atoms with van der Waals surface area (Å²) in [6.45, 7) is 4.82. The van der Waals surface area contributed by atoms with Crippen LogP contribution in [0.4, 0.5) is 0 Å². The van der Waals surface area contributed by atoms with Crippen LogP contribution < -0.4 is 0 Å². The normalized spacial score (nSPS) is 23.9. The molecule has 20 heavy (non-hydrogen) atoms. The Hall–Kier alpha value is -1.60. The maximum Gasteiger partial charge on any atom is 0.339 e. The SMILES string of the molecule is CC1CN(S(=O)(=O)c2ccc(O)c(C(=O)O)c2)CC1C. The lowest BCUT2D eigenvalue weighted by Crippen LogP contribution is -2.29. The molecule has 0 saturated carbocycles. The maximum absolute atomic E-state index is 12.5. The Balaban J connectivity index is 2.40. The van der Waals surface area contributed by atoms with E-state index in [-0.39, 0.29) is 16.7 Å². The van der Waals surface area contributed by atoms with E-state index in [1.807, 2.05) is 13.8 Å². The van der Waals surface area contributed by atoms with E-state index in [9.17, 15) is 18.3 Å². The van der Waals surface area contributed by atoms with Crippen molar-refractivity contribution in [1.29, 1.82) is 0 Å². The molecule has 2 unspecified atom stereocenters.